The first-order valence-corrected chi connectivity index (χ1v) is 9.77. The highest BCUT2D eigenvalue weighted by atomic mass is 16.6. The number of phenols is 1. The fourth-order valence-corrected chi connectivity index (χ4v) is 3.01. The summed E-state index contributed by atoms with van der Waals surface area (Å²) >= 11 is 0. The van der Waals surface area contributed by atoms with Gasteiger partial charge in [-0.2, -0.15) is 5.10 Å². The van der Waals surface area contributed by atoms with E-state index < -0.39 is 4.92 Å². The number of aliphatic imine (C=N–C) groups is 1. The molecule has 2 N–H and O–H groups in total. The third kappa shape index (κ3) is 4.76. The van der Waals surface area contributed by atoms with Crippen LogP contribution in [0.25, 0.3) is 10.9 Å². The van der Waals surface area contributed by atoms with Gasteiger partial charge in [-0.3, -0.25) is 15.5 Å². The van der Waals surface area contributed by atoms with Crippen LogP contribution in [0.3, 0.4) is 0 Å². The molecule has 1 heterocycles. The molecular weight excluding hydrogens is 406 g/mol. The smallest absolute Gasteiger partial charge is 0.270 e. The third-order valence-electron chi connectivity index (χ3n) is 4.71. The van der Waals surface area contributed by atoms with Crippen LogP contribution in [0.2, 0.25) is 0 Å². The molecule has 32 heavy (non-hydrogen) atoms. The summed E-state index contributed by atoms with van der Waals surface area (Å²) in [7, 11) is 0. The minimum Gasteiger partial charge on any atom is -0.507 e. The van der Waals surface area contributed by atoms with Gasteiger partial charge in [0.1, 0.15) is 11.4 Å². The Balaban J connectivity index is 1.69. The number of rotatable bonds is 5. The molecule has 0 spiro atoms. The second-order valence-electron chi connectivity index (χ2n) is 7.06. The summed E-state index contributed by atoms with van der Waals surface area (Å²) in [6.07, 6.45) is 1.30. The molecule has 0 aliphatic rings. The Labute approximate surface area is 183 Å². The summed E-state index contributed by atoms with van der Waals surface area (Å²) < 4.78 is 0. The predicted molar refractivity (Wildman–Crippen MR) is 125 cm³/mol. The van der Waals surface area contributed by atoms with Gasteiger partial charge in [0.2, 0.25) is 0 Å². The molecule has 0 radical (unpaired) electrons. The van der Waals surface area contributed by atoms with E-state index in [0.29, 0.717) is 17.2 Å². The highest BCUT2D eigenvalue weighted by Gasteiger charge is 2.10. The number of para-hydroxylation sites is 1. The monoisotopic (exact) mass is 425 g/mol. The van der Waals surface area contributed by atoms with Crippen molar-refractivity contribution < 1.29 is 10.0 Å². The van der Waals surface area contributed by atoms with E-state index >= 15 is 0 Å². The molecule has 4 aromatic rings. The Morgan fingerprint density at radius 1 is 1.06 bits per heavy atom. The number of nitrogens with zero attached hydrogens (tertiary/aromatic N) is 4. The first kappa shape index (κ1) is 20.7. The van der Waals surface area contributed by atoms with E-state index in [1.165, 1.54) is 24.4 Å². The topological polar surface area (TPSA) is 113 Å². The van der Waals surface area contributed by atoms with E-state index in [2.05, 4.69) is 20.5 Å². The minimum absolute atomic E-state index is 0.123. The zero-order valence-electron chi connectivity index (χ0n) is 17.1. The van der Waals surface area contributed by atoms with Gasteiger partial charge in [-0.1, -0.05) is 42.0 Å². The van der Waals surface area contributed by atoms with Crippen LogP contribution >= 0.6 is 0 Å². The van der Waals surface area contributed by atoms with E-state index in [1.807, 2.05) is 67.6 Å². The zero-order valence-corrected chi connectivity index (χ0v) is 17.1. The molecule has 158 valence electrons. The fraction of sp³-hybridized carbons (Fsp3) is 0.0417. The maximum absolute atomic E-state index is 11.0. The Morgan fingerprint density at radius 3 is 2.62 bits per heavy atom. The van der Waals surface area contributed by atoms with E-state index in [-0.39, 0.29) is 17.0 Å². The largest absolute Gasteiger partial charge is 0.507 e. The molecule has 4 rings (SSSR count). The second-order valence-corrected chi connectivity index (χ2v) is 7.06. The molecule has 8 nitrogen and oxygen atoms in total. The molecule has 8 heteroatoms. The van der Waals surface area contributed by atoms with Gasteiger partial charge in [-0.15, -0.1) is 0 Å². The number of hydrazone groups is 1. The van der Waals surface area contributed by atoms with Crippen molar-refractivity contribution in [1.82, 2.24) is 10.4 Å². The number of aryl methyl sites for hydroxylation is 1. The third-order valence-corrected chi connectivity index (χ3v) is 4.71. The number of pyridine rings is 1. The van der Waals surface area contributed by atoms with Gasteiger partial charge in [0.25, 0.3) is 5.69 Å². The summed E-state index contributed by atoms with van der Waals surface area (Å²) in [6.45, 7) is 1.99. The lowest BCUT2D eigenvalue weighted by Crippen LogP contribution is -2.20. The quantitative estimate of drug-likeness (QED) is 0.205. The Kier molecular flexibility index (Phi) is 5.85. The number of phenolic OH excluding ortho intramolecular Hbond substituents is 1. The predicted octanol–water partition coefficient (Wildman–Crippen LogP) is 4.86. The second kappa shape index (κ2) is 9.05. The zero-order chi connectivity index (χ0) is 22.5. The molecule has 0 saturated heterocycles. The van der Waals surface area contributed by atoms with Crippen LogP contribution in [-0.4, -0.2) is 27.1 Å². The molecule has 0 aliphatic carbocycles. The molecule has 0 amide bonds. The van der Waals surface area contributed by atoms with Gasteiger partial charge in [-0.25, -0.2) is 9.98 Å². The molecule has 0 fully saturated rings. The van der Waals surface area contributed by atoms with Crippen molar-refractivity contribution in [2.24, 2.45) is 10.1 Å². The van der Waals surface area contributed by atoms with Crippen LogP contribution in [0.15, 0.2) is 89.0 Å². The van der Waals surface area contributed by atoms with E-state index in [4.69, 9.17) is 0 Å². The molecule has 0 saturated carbocycles. The average Bonchev–Trinajstić information content (AvgIpc) is 2.80. The van der Waals surface area contributed by atoms with E-state index in [0.717, 1.165) is 16.5 Å². The van der Waals surface area contributed by atoms with Crippen LogP contribution in [-0.2, 0) is 0 Å². The fourth-order valence-electron chi connectivity index (χ4n) is 3.01. The normalized spacial score (nSPS) is 11.7. The number of fused-ring (bicyclic) bond motifs is 1. The Hall–Kier alpha value is -4.59. The van der Waals surface area contributed by atoms with Gasteiger partial charge in [0, 0.05) is 23.1 Å². The van der Waals surface area contributed by atoms with Crippen LogP contribution in [0.5, 0.6) is 5.75 Å². The number of amidine groups is 1. The Bertz CT molecular complexity index is 1350. The van der Waals surface area contributed by atoms with Crippen molar-refractivity contribution in [3.05, 3.63) is 106 Å². The standard InChI is InChI=1S/C24H19N5O3/c1-16-6-9-19(10-7-16)26-24(22-12-8-17-4-2-3-5-21(17)27-22)28-25-15-18-14-20(29(31)32)11-13-23(18)30/h2-15,30H,1H3,(H,26,28). The minimum atomic E-state index is -0.534. The molecule has 0 atom stereocenters. The molecule has 1 aromatic heterocycles. The lowest BCUT2D eigenvalue weighted by atomic mass is 10.2. The number of aromatic nitrogens is 1. The number of aromatic hydroxyl groups is 1. The maximum Gasteiger partial charge on any atom is 0.270 e. The lowest BCUT2D eigenvalue weighted by Gasteiger charge is -2.07. The van der Waals surface area contributed by atoms with Crippen molar-refractivity contribution in [1.29, 1.82) is 0 Å². The van der Waals surface area contributed by atoms with Crippen LogP contribution < -0.4 is 5.43 Å². The first-order valence-electron chi connectivity index (χ1n) is 9.77. The van der Waals surface area contributed by atoms with Crippen molar-refractivity contribution >= 4 is 34.3 Å². The summed E-state index contributed by atoms with van der Waals surface area (Å²) in [5, 5.41) is 26.1. The highest BCUT2D eigenvalue weighted by Crippen LogP contribution is 2.21. The number of hydrogen-bond acceptors (Lipinski definition) is 6. The van der Waals surface area contributed by atoms with E-state index in [9.17, 15) is 15.2 Å². The maximum atomic E-state index is 11.0. The first-order chi connectivity index (χ1) is 15.5. The average molecular weight is 425 g/mol. The van der Waals surface area contributed by atoms with E-state index in [1.54, 1.807) is 0 Å². The van der Waals surface area contributed by atoms with Gasteiger partial charge in [0.05, 0.1) is 22.3 Å². The number of nitro benzene ring substituents is 1. The molecule has 3 aromatic carbocycles. The number of nitro groups is 1. The summed E-state index contributed by atoms with van der Waals surface area (Å²) in [6, 6.07) is 22.9. The molecule has 0 unspecified atom stereocenters. The van der Waals surface area contributed by atoms with Crippen LogP contribution in [0.1, 0.15) is 16.8 Å². The number of benzene rings is 3. The summed E-state index contributed by atoms with van der Waals surface area (Å²) in [5.41, 5.74) is 6.13. The summed E-state index contributed by atoms with van der Waals surface area (Å²) in [5.74, 6) is 0.266. The number of hydrogen-bond donors (Lipinski definition) is 2. The van der Waals surface area contributed by atoms with Crippen molar-refractivity contribution in [3.8, 4) is 5.75 Å². The number of nitrogens with one attached hydrogen (secondary N) is 1. The van der Waals surface area contributed by atoms with Gasteiger partial charge in [0.15, 0.2) is 5.84 Å². The highest BCUT2D eigenvalue weighted by molar-refractivity contribution is 6.00. The Morgan fingerprint density at radius 2 is 1.84 bits per heavy atom. The molecule has 0 bridgehead atoms. The SMILES string of the molecule is Cc1ccc(N=C(NN=Cc2cc([N+](=O)[O-])ccc2O)c2ccc3ccccc3n2)cc1. The van der Waals surface area contributed by atoms with Crippen molar-refractivity contribution in [3.63, 3.8) is 0 Å². The molecule has 0 aliphatic heterocycles. The lowest BCUT2D eigenvalue weighted by molar-refractivity contribution is -0.384. The summed E-state index contributed by atoms with van der Waals surface area (Å²) in [4.78, 5) is 19.8. The van der Waals surface area contributed by atoms with Crippen LogP contribution in [0, 0.1) is 17.0 Å². The van der Waals surface area contributed by atoms with Crippen molar-refractivity contribution in [2.75, 3.05) is 0 Å². The molecular formula is C24H19N5O3. The van der Waals surface area contributed by atoms with Gasteiger partial charge in [-0.05, 0) is 37.3 Å². The van der Waals surface area contributed by atoms with Crippen LogP contribution in [0.4, 0.5) is 11.4 Å². The van der Waals surface area contributed by atoms with Gasteiger partial charge < -0.3 is 5.11 Å². The van der Waals surface area contributed by atoms with Crippen molar-refractivity contribution in [2.45, 2.75) is 6.92 Å². The number of non-ortho nitro benzene ring substituents is 1. The van der Waals surface area contributed by atoms with Gasteiger partial charge >= 0.3 is 0 Å².